The van der Waals surface area contributed by atoms with Crippen molar-refractivity contribution >= 4 is 56.6 Å². The van der Waals surface area contributed by atoms with E-state index < -0.39 is 35.1 Å². The van der Waals surface area contributed by atoms with Crippen LogP contribution in [0.3, 0.4) is 0 Å². The lowest BCUT2D eigenvalue weighted by Gasteiger charge is -2.40. The molecule has 3 aromatic carbocycles. The van der Waals surface area contributed by atoms with Gasteiger partial charge < -0.3 is 14.5 Å². The molecule has 246 valence electrons. The van der Waals surface area contributed by atoms with Gasteiger partial charge in [-0.3, -0.25) is 9.69 Å². The van der Waals surface area contributed by atoms with Crippen molar-refractivity contribution in [1.29, 1.82) is 0 Å². The first-order valence-electron chi connectivity index (χ1n) is 15.5. The third-order valence-corrected chi connectivity index (χ3v) is 10.4. The molecule has 0 bridgehead atoms. The number of fused-ring (bicyclic) bond motifs is 3. The molecule has 0 spiro atoms. The Hall–Kier alpha value is -3.67. The first kappa shape index (κ1) is 31.9. The lowest BCUT2D eigenvalue weighted by molar-refractivity contribution is -0.129. The fraction of sp³-hybridized carbons (Fsp3) is 0.382. The smallest absolute Gasteiger partial charge is 0.319 e. The third-order valence-electron chi connectivity index (χ3n) is 9.70. The highest BCUT2D eigenvalue weighted by molar-refractivity contribution is 6.38. The topological polar surface area (TPSA) is 61.8 Å². The first-order valence-corrected chi connectivity index (χ1v) is 16.2. The van der Waals surface area contributed by atoms with Crippen molar-refractivity contribution in [3.8, 4) is 17.1 Å². The molecular formula is C34H31Cl2F4N5O2. The predicted octanol–water partition coefficient (Wildman–Crippen LogP) is 7.51. The van der Waals surface area contributed by atoms with Crippen LogP contribution in [0.5, 0.6) is 6.01 Å². The van der Waals surface area contributed by atoms with Gasteiger partial charge >= 0.3 is 6.01 Å². The summed E-state index contributed by atoms with van der Waals surface area (Å²) in [5, 5.41) is 1.04. The van der Waals surface area contributed by atoms with Crippen molar-refractivity contribution in [3.63, 3.8) is 0 Å². The van der Waals surface area contributed by atoms with Gasteiger partial charge in [0.1, 0.15) is 29.9 Å². The van der Waals surface area contributed by atoms with Gasteiger partial charge in [-0.05, 0) is 49.4 Å². The Morgan fingerprint density at radius 3 is 2.70 bits per heavy atom. The Balaban J connectivity index is 1.36. The highest BCUT2D eigenvalue weighted by Gasteiger charge is 2.49. The van der Waals surface area contributed by atoms with Gasteiger partial charge in [0.25, 0.3) is 5.91 Å². The number of ether oxygens (including phenoxy) is 1. The number of rotatable bonds is 6. The summed E-state index contributed by atoms with van der Waals surface area (Å²) in [4.78, 5) is 26.9. The van der Waals surface area contributed by atoms with Crippen LogP contribution in [0, 0.1) is 11.6 Å². The highest BCUT2D eigenvalue weighted by Crippen LogP contribution is 2.44. The average Bonchev–Trinajstić information content (AvgIpc) is 3.57. The normalized spacial score (nSPS) is 23.1. The van der Waals surface area contributed by atoms with E-state index in [1.165, 1.54) is 11.0 Å². The number of halogens is 6. The number of aromatic nitrogens is 2. The largest absolute Gasteiger partial charge is 0.461 e. The maximum atomic E-state index is 16.9. The minimum Gasteiger partial charge on any atom is -0.461 e. The van der Waals surface area contributed by atoms with Gasteiger partial charge in [0.05, 0.1) is 15.6 Å². The molecule has 4 aromatic rings. The van der Waals surface area contributed by atoms with Crippen molar-refractivity contribution in [2.45, 2.75) is 43.9 Å². The molecule has 3 saturated heterocycles. The summed E-state index contributed by atoms with van der Waals surface area (Å²) in [5.41, 5.74) is -0.326. The Labute approximate surface area is 278 Å². The fourth-order valence-electron chi connectivity index (χ4n) is 7.48. The number of piperazine rings is 1. The lowest BCUT2D eigenvalue weighted by Crippen LogP contribution is -2.54. The van der Waals surface area contributed by atoms with E-state index in [2.05, 4.69) is 16.5 Å². The second-order valence-corrected chi connectivity index (χ2v) is 13.4. The molecule has 3 atom stereocenters. The Morgan fingerprint density at radius 1 is 1.13 bits per heavy atom. The molecule has 3 fully saturated rings. The van der Waals surface area contributed by atoms with E-state index >= 15 is 4.39 Å². The Kier molecular flexibility index (Phi) is 8.21. The molecule has 0 saturated carbocycles. The molecule has 3 aliphatic heterocycles. The molecular weight excluding hydrogens is 657 g/mol. The van der Waals surface area contributed by atoms with E-state index in [4.69, 9.17) is 32.9 Å². The van der Waals surface area contributed by atoms with Crippen molar-refractivity contribution in [2.24, 2.45) is 0 Å². The minimum absolute atomic E-state index is 0.0191. The van der Waals surface area contributed by atoms with E-state index in [0.29, 0.717) is 29.6 Å². The Bertz CT molecular complexity index is 1950. The summed E-state index contributed by atoms with van der Waals surface area (Å²) in [5.74, 6) is -2.97. The van der Waals surface area contributed by atoms with E-state index in [0.717, 1.165) is 19.4 Å². The maximum absolute atomic E-state index is 16.9. The molecule has 47 heavy (non-hydrogen) atoms. The van der Waals surface area contributed by atoms with Crippen molar-refractivity contribution in [1.82, 2.24) is 19.8 Å². The zero-order valence-corrected chi connectivity index (χ0v) is 27.0. The van der Waals surface area contributed by atoms with E-state index in [1.807, 2.05) is 11.8 Å². The SMILES string of the molecule is C=C(F)C(=O)N1CCN(c2nc(OC[C@@]34CCCN3C[C@H](F)C4)nc3c(F)c(-c4cccc5ccc(F)c(Cl)c45)c(Cl)cc23)[C@@H](C)C1. The van der Waals surface area contributed by atoms with Crippen LogP contribution in [0.2, 0.25) is 10.0 Å². The van der Waals surface area contributed by atoms with Gasteiger partial charge in [-0.2, -0.15) is 9.97 Å². The molecule has 0 unspecified atom stereocenters. The number of hydrogen-bond donors (Lipinski definition) is 0. The quantitative estimate of drug-likeness (QED) is 0.155. The number of carbonyl (C=O) groups excluding carboxylic acids is 1. The van der Waals surface area contributed by atoms with E-state index in [-0.39, 0.29) is 70.4 Å². The van der Waals surface area contributed by atoms with Crippen LogP contribution < -0.4 is 9.64 Å². The van der Waals surface area contributed by atoms with Crippen LogP contribution in [-0.4, -0.2) is 82.8 Å². The standard InChI is InChI=1S/C34H31Cl2F4N5O2/c1-18-15-43(32(46)19(2)37)11-12-45(18)31-23-13-24(35)27(22-6-3-5-20-7-8-25(39)28(36)26(20)22)29(40)30(23)41-33(42-31)47-17-34-9-4-10-44(34)16-21(38)14-34/h3,5-8,13,18,21H,2,4,9-12,14-17H2,1H3/t18-,21+,34-/m0/s1. The van der Waals surface area contributed by atoms with Crippen LogP contribution in [0.25, 0.3) is 32.8 Å². The van der Waals surface area contributed by atoms with Crippen LogP contribution in [0.15, 0.2) is 48.8 Å². The molecule has 0 radical (unpaired) electrons. The van der Waals surface area contributed by atoms with Crippen LogP contribution >= 0.6 is 23.2 Å². The van der Waals surface area contributed by atoms with Gasteiger partial charge in [-0.1, -0.05) is 54.0 Å². The zero-order chi connectivity index (χ0) is 33.2. The summed E-state index contributed by atoms with van der Waals surface area (Å²) in [6, 6.07) is 8.93. The minimum atomic E-state index is -1.05. The summed E-state index contributed by atoms with van der Waals surface area (Å²) < 4.78 is 65.9. The van der Waals surface area contributed by atoms with Crippen molar-refractivity contribution < 1.29 is 27.1 Å². The predicted molar refractivity (Wildman–Crippen MR) is 175 cm³/mol. The van der Waals surface area contributed by atoms with Crippen molar-refractivity contribution in [2.75, 3.05) is 44.2 Å². The number of nitrogens with zero attached hydrogens (tertiary/aromatic N) is 5. The fourth-order valence-corrected chi connectivity index (χ4v) is 8.05. The van der Waals surface area contributed by atoms with Crippen LogP contribution in [-0.2, 0) is 4.79 Å². The zero-order valence-electron chi connectivity index (χ0n) is 25.5. The average molecular weight is 689 g/mol. The number of alkyl halides is 1. The molecule has 1 aromatic heterocycles. The monoisotopic (exact) mass is 687 g/mol. The highest BCUT2D eigenvalue weighted by atomic mass is 35.5. The molecule has 0 N–H and O–H groups in total. The van der Waals surface area contributed by atoms with E-state index in [1.54, 1.807) is 30.3 Å². The van der Waals surface area contributed by atoms with Gasteiger partial charge in [0.2, 0.25) is 0 Å². The van der Waals surface area contributed by atoms with Gasteiger partial charge in [-0.25, -0.2) is 17.6 Å². The number of benzene rings is 3. The molecule has 7 nitrogen and oxygen atoms in total. The number of hydrogen-bond acceptors (Lipinski definition) is 6. The number of amides is 1. The first-order chi connectivity index (χ1) is 22.5. The van der Waals surface area contributed by atoms with Crippen LogP contribution in [0.4, 0.5) is 23.4 Å². The second kappa shape index (κ2) is 12.1. The summed E-state index contributed by atoms with van der Waals surface area (Å²) in [7, 11) is 0. The number of anilines is 1. The van der Waals surface area contributed by atoms with Crippen molar-refractivity contribution in [3.05, 3.63) is 70.5 Å². The van der Waals surface area contributed by atoms with Gasteiger partial charge in [-0.15, -0.1) is 0 Å². The molecule has 4 heterocycles. The lowest BCUT2D eigenvalue weighted by atomic mass is 9.95. The summed E-state index contributed by atoms with van der Waals surface area (Å²) >= 11 is 13.2. The number of carbonyl (C=O) groups is 1. The maximum Gasteiger partial charge on any atom is 0.319 e. The molecule has 7 rings (SSSR count). The van der Waals surface area contributed by atoms with Gasteiger partial charge in [0, 0.05) is 55.0 Å². The Morgan fingerprint density at radius 2 is 1.94 bits per heavy atom. The molecule has 13 heteroatoms. The van der Waals surface area contributed by atoms with Gasteiger partial charge in [0.15, 0.2) is 11.6 Å². The van der Waals surface area contributed by atoms with Crippen LogP contribution in [0.1, 0.15) is 26.2 Å². The molecule has 3 aliphatic rings. The molecule has 0 aliphatic carbocycles. The summed E-state index contributed by atoms with van der Waals surface area (Å²) in [6.07, 6.45) is 1.03. The summed E-state index contributed by atoms with van der Waals surface area (Å²) in [6.45, 7) is 6.75. The van der Waals surface area contributed by atoms with E-state index in [9.17, 15) is 18.0 Å². The second-order valence-electron chi connectivity index (χ2n) is 12.6. The third kappa shape index (κ3) is 5.46. The molecule has 1 amide bonds.